The summed E-state index contributed by atoms with van der Waals surface area (Å²) < 4.78 is 38.1. The molecule has 0 saturated heterocycles. The van der Waals surface area contributed by atoms with Crippen molar-refractivity contribution < 1.29 is 18.0 Å². The molecular formula is C12H15F3N2O. The average molecular weight is 260 g/mol. The Morgan fingerprint density at radius 2 is 2.00 bits per heavy atom. The molecule has 0 saturated carbocycles. The Kier molecular flexibility index (Phi) is 4.21. The largest absolute Gasteiger partial charge is 0.418 e. The highest BCUT2D eigenvalue weighted by Gasteiger charge is 2.33. The molecule has 1 aromatic carbocycles. The minimum atomic E-state index is -4.52. The van der Waals surface area contributed by atoms with Gasteiger partial charge < -0.3 is 10.6 Å². The molecule has 0 radical (unpaired) electrons. The summed E-state index contributed by atoms with van der Waals surface area (Å²) in [5.41, 5.74) is 4.26. The van der Waals surface area contributed by atoms with Crippen LogP contribution in [0.3, 0.4) is 0 Å². The smallest absolute Gasteiger partial charge is 0.398 e. The SMILES string of the molecule is CCCN(C(C)=O)c1ccc(N)c(C(F)(F)F)c1. The van der Waals surface area contributed by atoms with Gasteiger partial charge in [0.05, 0.1) is 5.56 Å². The molecular weight excluding hydrogens is 245 g/mol. The van der Waals surface area contributed by atoms with Crippen LogP contribution >= 0.6 is 0 Å². The molecule has 3 nitrogen and oxygen atoms in total. The number of alkyl halides is 3. The lowest BCUT2D eigenvalue weighted by molar-refractivity contribution is -0.137. The summed E-state index contributed by atoms with van der Waals surface area (Å²) in [5, 5.41) is 0. The standard InChI is InChI=1S/C12H15F3N2O/c1-3-6-17(8(2)18)9-4-5-11(16)10(7-9)12(13,14)15/h4-5,7H,3,6,16H2,1-2H3. The molecule has 0 bridgehead atoms. The third kappa shape index (κ3) is 3.15. The van der Waals surface area contributed by atoms with Gasteiger partial charge in [0.2, 0.25) is 5.91 Å². The van der Waals surface area contributed by atoms with Crippen LogP contribution in [0, 0.1) is 0 Å². The zero-order valence-corrected chi connectivity index (χ0v) is 10.2. The first kappa shape index (κ1) is 14.3. The number of nitrogen functional groups attached to an aromatic ring is 1. The second-order valence-electron chi connectivity index (χ2n) is 3.94. The molecule has 100 valence electrons. The summed E-state index contributed by atoms with van der Waals surface area (Å²) in [6, 6.07) is 3.50. The van der Waals surface area contributed by atoms with E-state index in [2.05, 4.69) is 0 Å². The third-order valence-electron chi connectivity index (χ3n) is 2.48. The van der Waals surface area contributed by atoms with Gasteiger partial charge in [0, 0.05) is 24.8 Å². The number of rotatable bonds is 3. The predicted octanol–water partition coefficient (Wildman–Crippen LogP) is 3.05. The summed E-state index contributed by atoms with van der Waals surface area (Å²) in [5.74, 6) is -0.297. The van der Waals surface area contributed by atoms with Crippen LogP contribution in [0.1, 0.15) is 25.8 Å². The predicted molar refractivity (Wildman–Crippen MR) is 64.2 cm³/mol. The quantitative estimate of drug-likeness (QED) is 0.849. The van der Waals surface area contributed by atoms with E-state index in [1.54, 1.807) is 0 Å². The molecule has 1 amide bonds. The molecule has 0 unspecified atom stereocenters. The maximum absolute atomic E-state index is 12.7. The second-order valence-corrected chi connectivity index (χ2v) is 3.94. The van der Waals surface area contributed by atoms with E-state index in [1.807, 2.05) is 6.92 Å². The first-order valence-corrected chi connectivity index (χ1v) is 5.52. The average Bonchev–Trinajstić information content (AvgIpc) is 2.25. The number of halogens is 3. The summed E-state index contributed by atoms with van der Waals surface area (Å²) in [6.45, 7) is 3.54. The molecule has 0 aromatic heterocycles. The van der Waals surface area contributed by atoms with Crippen molar-refractivity contribution in [2.24, 2.45) is 0 Å². The topological polar surface area (TPSA) is 46.3 Å². The maximum atomic E-state index is 12.7. The van der Waals surface area contributed by atoms with Crippen LogP contribution in [0.15, 0.2) is 18.2 Å². The lowest BCUT2D eigenvalue weighted by Crippen LogP contribution is -2.29. The van der Waals surface area contributed by atoms with E-state index in [-0.39, 0.29) is 17.3 Å². The Balaban J connectivity index is 3.22. The van der Waals surface area contributed by atoms with Gasteiger partial charge in [-0.05, 0) is 24.6 Å². The van der Waals surface area contributed by atoms with Crippen molar-refractivity contribution in [1.29, 1.82) is 0 Å². The first-order chi connectivity index (χ1) is 8.27. The molecule has 0 aliphatic heterocycles. The summed E-state index contributed by atoms with van der Waals surface area (Å²) in [4.78, 5) is 12.7. The summed E-state index contributed by atoms with van der Waals surface area (Å²) in [7, 11) is 0. The highest BCUT2D eigenvalue weighted by Crippen LogP contribution is 2.36. The van der Waals surface area contributed by atoms with Crippen LogP contribution in [-0.4, -0.2) is 12.5 Å². The van der Waals surface area contributed by atoms with Gasteiger partial charge >= 0.3 is 6.18 Å². The van der Waals surface area contributed by atoms with Crippen LogP contribution in [0.25, 0.3) is 0 Å². The van der Waals surface area contributed by atoms with Crippen LogP contribution in [0.4, 0.5) is 24.5 Å². The van der Waals surface area contributed by atoms with Crippen LogP contribution < -0.4 is 10.6 Å². The van der Waals surface area contributed by atoms with Crippen molar-refractivity contribution in [3.63, 3.8) is 0 Å². The Hall–Kier alpha value is -1.72. The molecule has 0 fully saturated rings. The maximum Gasteiger partial charge on any atom is 0.418 e. The van der Waals surface area contributed by atoms with Crippen LogP contribution in [0.2, 0.25) is 0 Å². The van der Waals surface area contributed by atoms with E-state index >= 15 is 0 Å². The van der Waals surface area contributed by atoms with Gasteiger partial charge in [0.25, 0.3) is 0 Å². The Labute approximate surface area is 103 Å². The number of carbonyl (C=O) groups is 1. The van der Waals surface area contributed by atoms with E-state index in [9.17, 15) is 18.0 Å². The van der Waals surface area contributed by atoms with E-state index in [0.717, 1.165) is 6.07 Å². The zero-order chi connectivity index (χ0) is 13.9. The number of amides is 1. The molecule has 6 heteroatoms. The fraction of sp³-hybridized carbons (Fsp3) is 0.417. The van der Waals surface area contributed by atoms with Crippen molar-refractivity contribution in [2.45, 2.75) is 26.4 Å². The van der Waals surface area contributed by atoms with Gasteiger partial charge in [-0.3, -0.25) is 4.79 Å². The van der Waals surface area contributed by atoms with Gasteiger partial charge in [0.15, 0.2) is 0 Å². The fourth-order valence-electron chi connectivity index (χ4n) is 1.65. The van der Waals surface area contributed by atoms with Crippen molar-refractivity contribution in [3.8, 4) is 0 Å². The molecule has 1 rings (SSSR count). The van der Waals surface area contributed by atoms with Crippen LogP contribution in [0.5, 0.6) is 0 Å². The molecule has 1 aromatic rings. The third-order valence-corrected chi connectivity index (χ3v) is 2.48. The molecule has 0 spiro atoms. The number of anilines is 2. The van der Waals surface area contributed by atoms with Crippen molar-refractivity contribution >= 4 is 17.3 Å². The number of benzene rings is 1. The molecule has 0 aliphatic rings. The van der Waals surface area contributed by atoms with Crippen LogP contribution in [-0.2, 0) is 11.0 Å². The van der Waals surface area contributed by atoms with E-state index in [1.165, 1.54) is 24.0 Å². The summed E-state index contributed by atoms with van der Waals surface area (Å²) in [6.07, 6.45) is -3.86. The van der Waals surface area contributed by atoms with E-state index in [0.29, 0.717) is 13.0 Å². The zero-order valence-electron chi connectivity index (χ0n) is 10.2. The van der Waals surface area contributed by atoms with Crippen molar-refractivity contribution in [3.05, 3.63) is 23.8 Å². The Morgan fingerprint density at radius 1 is 1.39 bits per heavy atom. The highest BCUT2D eigenvalue weighted by molar-refractivity contribution is 5.91. The molecule has 0 atom stereocenters. The second kappa shape index (κ2) is 5.29. The minimum absolute atomic E-state index is 0.214. The molecule has 2 N–H and O–H groups in total. The van der Waals surface area contributed by atoms with Gasteiger partial charge in [0.1, 0.15) is 0 Å². The van der Waals surface area contributed by atoms with Gasteiger partial charge in [-0.25, -0.2) is 0 Å². The molecule has 0 aliphatic carbocycles. The van der Waals surface area contributed by atoms with E-state index < -0.39 is 11.7 Å². The highest BCUT2D eigenvalue weighted by atomic mass is 19.4. The molecule has 0 heterocycles. The van der Waals surface area contributed by atoms with E-state index in [4.69, 9.17) is 5.73 Å². The summed E-state index contributed by atoms with van der Waals surface area (Å²) >= 11 is 0. The van der Waals surface area contributed by atoms with Crippen molar-refractivity contribution in [1.82, 2.24) is 0 Å². The number of carbonyl (C=O) groups excluding carboxylic acids is 1. The van der Waals surface area contributed by atoms with Gasteiger partial charge in [-0.1, -0.05) is 6.92 Å². The lowest BCUT2D eigenvalue weighted by Gasteiger charge is -2.22. The number of hydrogen-bond donors (Lipinski definition) is 1. The lowest BCUT2D eigenvalue weighted by atomic mass is 10.1. The minimum Gasteiger partial charge on any atom is -0.398 e. The van der Waals surface area contributed by atoms with Gasteiger partial charge in [-0.15, -0.1) is 0 Å². The Morgan fingerprint density at radius 3 is 2.44 bits per heavy atom. The number of nitrogens with zero attached hydrogens (tertiary/aromatic N) is 1. The van der Waals surface area contributed by atoms with Crippen molar-refractivity contribution in [2.75, 3.05) is 17.2 Å². The number of hydrogen-bond acceptors (Lipinski definition) is 2. The number of nitrogens with two attached hydrogens (primary N) is 1. The fourth-order valence-corrected chi connectivity index (χ4v) is 1.65. The Bertz CT molecular complexity index is 443. The first-order valence-electron chi connectivity index (χ1n) is 5.52. The monoisotopic (exact) mass is 260 g/mol. The normalized spacial score (nSPS) is 11.4. The molecule has 18 heavy (non-hydrogen) atoms. The van der Waals surface area contributed by atoms with Gasteiger partial charge in [-0.2, -0.15) is 13.2 Å².